The highest BCUT2D eigenvalue weighted by molar-refractivity contribution is 5.70. The Labute approximate surface area is 126 Å². The first-order valence-electron chi connectivity index (χ1n) is 6.61. The topological polar surface area (TPSA) is 12.5 Å². The van der Waals surface area contributed by atoms with Crippen LogP contribution in [0.15, 0.2) is 54.8 Å². The molecule has 0 bridgehead atoms. The number of benzene rings is 1. The van der Waals surface area contributed by atoms with Crippen molar-refractivity contribution in [3.63, 3.8) is 0 Å². The van der Waals surface area contributed by atoms with E-state index < -0.39 is 26.0 Å². The SMILES string of the molecule is C=C1C=CC=C(c2ccc(OCC(F)F)cc2)N1CC(F)F. The van der Waals surface area contributed by atoms with E-state index in [-0.39, 0.29) is 0 Å². The van der Waals surface area contributed by atoms with Gasteiger partial charge in [0, 0.05) is 11.4 Å². The van der Waals surface area contributed by atoms with Crippen LogP contribution in [0.3, 0.4) is 0 Å². The molecule has 0 N–H and O–H groups in total. The van der Waals surface area contributed by atoms with Gasteiger partial charge in [-0.3, -0.25) is 0 Å². The number of nitrogens with zero attached hydrogens (tertiary/aromatic N) is 1. The van der Waals surface area contributed by atoms with Crippen molar-refractivity contribution in [1.82, 2.24) is 4.90 Å². The van der Waals surface area contributed by atoms with Gasteiger partial charge in [-0.05, 0) is 42.0 Å². The number of rotatable bonds is 6. The molecule has 0 aromatic heterocycles. The molecule has 0 aliphatic carbocycles. The maximum absolute atomic E-state index is 12.7. The summed E-state index contributed by atoms with van der Waals surface area (Å²) in [5, 5.41) is 0. The lowest BCUT2D eigenvalue weighted by molar-refractivity contribution is 0.0819. The molecule has 0 atom stereocenters. The second-order valence-electron chi connectivity index (χ2n) is 4.63. The summed E-state index contributed by atoms with van der Waals surface area (Å²) < 4.78 is 54.4. The van der Waals surface area contributed by atoms with Gasteiger partial charge in [0.1, 0.15) is 12.4 Å². The highest BCUT2D eigenvalue weighted by Crippen LogP contribution is 2.29. The lowest BCUT2D eigenvalue weighted by Crippen LogP contribution is -2.27. The van der Waals surface area contributed by atoms with Crippen LogP contribution in [-0.2, 0) is 0 Å². The van der Waals surface area contributed by atoms with Gasteiger partial charge in [0.25, 0.3) is 12.9 Å². The third-order valence-corrected chi connectivity index (χ3v) is 3.03. The third-order valence-electron chi connectivity index (χ3n) is 3.03. The summed E-state index contributed by atoms with van der Waals surface area (Å²) in [6.07, 6.45) is 0.0230. The minimum Gasteiger partial charge on any atom is -0.488 e. The van der Waals surface area contributed by atoms with E-state index in [1.54, 1.807) is 30.4 Å². The zero-order chi connectivity index (χ0) is 16.1. The Morgan fingerprint density at radius 2 is 1.73 bits per heavy atom. The Balaban J connectivity index is 2.16. The molecule has 1 aliphatic rings. The molecule has 1 heterocycles. The van der Waals surface area contributed by atoms with E-state index >= 15 is 0 Å². The van der Waals surface area contributed by atoms with Crippen LogP contribution in [0.5, 0.6) is 5.75 Å². The second kappa shape index (κ2) is 7.15. The van der Waals surface area contributed by atoms with E-state index in [4.69, 9.17) is 4.74 Å². The summed E-state index contributed by atoms with van der Waals surface area (Å²) in [5.74, 6) is 0.301. The molecule has 1 aromatic carbocycles. The van der Waals surface area contributed by atoms with Crippen molar-refractivity contribution in [1.29, 1.82) is 0 Å². The van der Waals surface area contributed by atoms with Gasteiger partial charge in [-0.2, -0.15) is 0 Å². The van der Waals surface area contributed by atoms with E-state index in [0.29, 0.717) is 22.7 Å². The van der Waals surface area contributed by atoms with Crippen molar-refractivity contribution in [2.24, 2.45) is 0 Å². The molecule has 1 aliphatic heterocycles. The number of halogens is 4. The van der Waals surface area contributed by atoms with Gasteiger partial charge in [0.2, 0.25) is 0 Å². The first kappa shape index (κ1) is 16.1. The molecule has 0 amide bonds. The average Bonchev–Trinajstić information content (AvgIpc) is 2.47. The standard InChI is InChI=1S/C16H15F4NO/c1-11-3-2-4-14(21(11)9-15(17)18)12-5-7-13(8-6-12)22-10-16(19)20/h2-8,15-16H,1,9-10H2. The van der Waals surface area contributed by atoms with Crippen LogP contribution in [0.25, 0.3) is 5.70 Å². The van der Waals surface area contributed by atoms with Crippen LogP contribution in [0.4, 0.5) is 17.6 Å². The fraction of sp³-hybridized carbons (Fsp3) is 0.250. The van der Waals surface area contributed by atoms with E-state index in [2.05, 4.69) is 6.58 Å². The highest BCUT2D eigenvalue weighted by Gasteiger charge is 2.19. The van der Waals surface area contributed by atoms with Crippen LogP contribution in [0.1, 0.15) is 5.56 Å². The predicted octanol–water partition coefficient (Wildman–Crippen LogP) is 4.32. The lowest BCUT2D eigenvalue weighted by Gasteiger charge is -2.29. The van der Waals surface area contributed by atoms with Crippen molar-refractivity contribution >= 4 is 5.70 Å². The van der Waals surface area contributed by atoms with Gasteiger partial charge in [-0.1, -0.05) is 12.7 Å². The Morgan fingerprint density at radius 1 is 1.05 bits per heavy atom. The fourth-order valence-corrected chi connectivity index (χ4v) is 2.07. The van der Waals surface area contributed by atoms with Gasteiger partial charge in [-0.15, -0.1) is 0 Å². The fourth-order valence-electron chi connectivity index (χ4n) is 2.07. The molecule has 0 fully saturated rings. The minimum absolute atomic E-state index is 0.301. The summed E-state index contributed by atoms with van der Waals surface area (Å²) in [7, 11) is 0. The van der Waals surface area contributed by atoms with E-state index in [1.165, 1.54) is 17.0 Å². The van der Waals surface area contributed by atoms with Gasteiger partial charge in [0.15, 0.2) is 0 Å². The molecule has 2 rings (SSSR count). The number of ether oxygens (including phenoxy) is 1. The minimum atomic E-state index is -2.55. The Bertz CT molecular complexity index is 578. The van der Waals surface area contributed by atoms with Crippen molar-refractivity contribution < 1.29 is 22.3 Å². The van der Waals surface area contributed by atoms with Crippen molar-refractivity contribution in [3.05, 3.63) is 60.3 Å². The first-order chi connectivity index (χ1) is 10.5. The largest absolute Gasteiger partial charge is 0.488 e. The maximum Gasteiger partial charge on any atom is 0.272 e. The monoisotopic (exact) mass is 313 g/mol. The highest BCUT2D eigenvalue weighted by atomic mass is 19.3. The predicted molar refractivity (Wildman–Crippen MR) is 76.9 cm³/mol. The van der Waals surface area contributed by atoms with Crippen LogP contribution in [0.2, 0.25) is 0 Å². The number of hydrogen-bond acceptors (Lipinski definition) is 2. The molecule has 0 radical (unpaired) electrons. The molecular formula is C16H15F4NO. The first-order valence-corrected chi connectivity index (χ1v) is 6.61. The molecule has 2 nitrogen and oxygen atoms in total. The molecule has 118 valence electrons. The van der Waals surface area contributed by atoms with Crippen LogP contribution >= 0.6 is 0 Å². The number of alkyl halides is 4. The molecular weight excluding hydrogens is 298 g/mol. The molecule has 6 heteroatoms. The molecule has 0 saturated carbocycles. The van der Waals surface area contributed by atoms with E-state index in [9.17, 15) is 17.6 Å². The third kappa shape index (κ3) is 4.13. The molecule has 1 aromatic rings. The maximum atomic E-state index is 12.7. The number of allylic oxidation sites excluding steroid dienone is 3. The molecule has 0 saturated heterocycles. The average molecular weight is 313 g/mol. The normalized spacial score (nSPS) is 14.7. The summed E-state index contributed by atoms with van der Waals surface area (Å²) in [6.45, 7) is 2.61. The summed E-state index contributed by atoms with van der Waals surface area (Å²) in [5.41, 5.74) is 1.72. The zero-order valence-electron chi connectivity index (χ0n) is 11.7. The lowest BCUT2D eigenvalue weighted by atomic mass is 10.1. The molecule has 0 unspecified atom stereocenters. The molecule has 0 spiro atoms. The summed E-state index contributed by atoms with van der Waals surface area (Å²) in [6, 6.07) is 6.33. The number of hydrogen-bond donors (Lipinski definition) is 0. The molecule has 22 heavy (non-hydrogen) atoms. The Kier molecular flexibility index (Phi) is 5.25. The van der Waals surface area contributed by atoms with Gasteiger partial charge >= 0.3 is 0 Å². The van der Waals surface area contributed by atoms with Crippen molar-refractivity contribution in [2.45, 2.75) is 12.9 Å². The van der Waals surface area contributed by atoms with Crippen LogP contribution in [0, 0.1) is 0 Å². The van der Waals surface area contributed by atoms with Crippen LogP contribution in [-0.4, -0.2) is 30.9 Å². The van der Waals surface area contributed by atoms with Crippen LogP contribution < -0.4 is 4.74 Å². The quantitative estimate of drug-likeness (QED) is 0.725. The summed E-state index contributed by atoms with van der Waals surface area (Å²) >= 11 is 0. The van der Waals surface area contributed by atoms with Gasteiger partial charge < -0.3 is 9.64 Å². The smallest absolute Gasteiger partial charge is 0.272 e. The van der Waals surface area contributed by atoms with E-state index in [1.807, 2.05) is 0 Å². The Morgan fingerprint density at radius 3 is 2.32 bits per heavy atom. The van der Waals surface area contributed by atoms with E-state index in [0.717, 1.165) is 0 Å². The van der Waals surface area contributed by atoms with Gasteiger partial charge in [-0.25, -0.2) is 17.6 Å². The summed E-state index contributed by atoms with van der Waals surface area (Å²) in [4.78, 5) is 1.42. The second-order valence-corrected chi connectivity index (χ2v) is 4.63. The Hall–Kier alpha value is -2.24. The van der Waals surface area contributed by atoms with Crippen molar-refractivity contribution in [3.8, 4) is 5.75 Å². The zero-order valence-corrected chi connectivity index (χ0v) is 11.7. The van der Waals surface area contributed by atoms with Gasteiger partial charge in [0.05, 0.1) is 6.54 Å². The van der Waals surface area contributed by atoms with Crippen molar-refractivity contribution in [2.75, 3.05) is 13.2 Å².